The first kappa shape index (κ1) is 21.2. The number of alkyl halides is 3. The van der Waals surface area contributed by atoms with Gasteiger partial charge in [-0.3, -0.25) is 4.79 Å². The second-order valence-corrected chi connectivity index (χ2v) is 8.42. The highest BCUT2D eigenvalue weighted by Gasteiger charge is 2.64. The molecule has 0 saturated carbocycles. The number of phenols is 1. The maximum absolute atomic E-state index is 14.1. The number of benzene rings is 2. The smallest absolute Gasteiger partial charge is 0.419 e. The van der Waals surface area contributed by atoms with Crippen LogP contribution in [0, 0.1) is 5.82 Å². The molecule has 1 aromatic heterocycles. The van der Waals surface area contributed by atoms with E-state index in [-0.39, 0.29) is 16.7 Å². The number of aromatic hydroxyl groups is 1. The minimum absolute atomic E-state index is 0.0520. The fourth-order valence-electron chi connectivity index (χ4n) is 4.44. The van der Waals surface area contributed by atoms with Gasteiger partial charge in [-0.2, -0.15) is 13.2 Å². The van der Waals surface area contributed by atoms with Gasteiger partial charge >= 0.3 is 6.18 Å². The maximum atomic E-state index is 14.1. The maximum Gasteiger partial charge on any atom is 0.419 e. The Morgan fingerprint density at radius 1 is 1.19 bits per heavy atom. The summed E-state index contributed by atoms with van der Waals surface area (Å²) in [5.41, 5.74) is -4.51. The molecule has 0 fully saturated rings. The number of nitrogens with one attached hydrogen (secondary N) is 1. The molecule has 31 heavy (non-hydrogen) atoms. The lowest BCUT2D eigenvalue weighted by atomic mass is 9.63. The summed E-state index contributed by atoms with van der Waals surface area (Å²) in [5, 5.41) is 23.9. The highest BCUT2D eigenvalue weighted by atomic mass is 19.4. The van der Waals surface area contributed by atoms with Crippen LogP contribution in [0.3, 0.4) is 0 Å². The number of furan rings is 1. The third kappa shape index (κ3) is 3.23. The standard InChI is InChI=1S/C22H19F4NO4/c1-20(2)10-21(30,22(24,25)26)18(13-4-5-14(23)17(28)16(13)20)27-19(29)12-3-6-15-11(9-12)7-8-31-15/h3-9,18,28,30H,10H2,1-2H3,(H,27,29). The molecule has 2 unspecified atom stereocenters. The monoisotopic (exact) mass is 437 g/mol. The molecular formula is C22H19F4NO4. The Morgan fingerprint density at radius 3 is 2.58 bits per heavy atom. The fraction of sp³-hybridized carbons (Fsp3) is 0.318. The molecule has 9 heteroatoms. The van der Waals surface area contributed by atoms with Gasteiger partial charge in [0.05, 0.1) is 12.3 Å². The van der Waals surface area contributed by atoms with Gasteiger partial charge in [0, 0.05) is 16.5 Å². The highest BCUT2D eigenvalue weighted by molar-refractivity contribution is 5.98. The van der Waals surface area contributed by atoms with Crippen LogP contribution in [0.2, 0.25) is 0 Å². The average Bonchev–Trinajstić information content (AvgIpc) is 3.13. The minimum atomic E-state index is -5.11. The van der Waals surface area contributed by atoms with E-state index in [0.717, 1.165) is 12.1 Å². The van der Waals surface area contributed by atoms with Crippen LogP contribution in [0.4, 0.5) is 17.6 Å². The Hall–Kier alpha value is -3.07. The van der Waals surface area contributed by atoms with Gasteiger partial charge in [-0.15, -0.1) is 0 Å². The molecule has 2 atom stereocenters. The fourth-order valence-corrected chi connectivity index (χ4v) is 4.44. The van der Waals surface area contributed by atoms with Crippen molar-refractivity contribution < 1.29 is 37.0 Å². The van der Waals surface area contributed by atoms with Crippen LogP contribution in [0.1, 0.15) is 47.8 Å². The van der Waals surface area contributed by atoms with Gasteiger partial charge in [-0.25, -0.2) is 4.39 Å². The lowest BCUT2D eigenvalue weighted by molar-refractivity contribution is -0.280. The van der Waals surface area contributed by atoms with Crippen molar-refractivity contribution in [1.29, 1.82) is 0 Å². The lowest BCUT2D eigenvalue weighted by Crippen LogP contribution is -2.60. The molecule has 5 nitrogen and oxygen atoms in total. The van der Waals surface area contributed by atoms with E-state index >= 15 is 0 Å². The Morgan fingerprint density at radius 2 is 1.90 bits per heavy atom. The van der Waals surface area contributed by atoms with Gasteiger partial charge in [0.1, 0.15) is 5.58 Å². The predicted octanol–water partition coefficient (Wildman–Crippen LogP) is 4.72. The van der Waals surface area contributed by atoms with Gasteiger partial charge in [0.25, 0.3) is 5.91 Å². The van der Waals surface area contributed by atoms with Crippen molar-refractivity contribution >= 4 is 16.9 Å². The van der Waals surface area contributed by atoms with Crippen LogP contribution >= 0.6 is 0 Å². The molecule has 3 N–H and O–H groups in total. The first-order chi connectivity index (χ1) is 14.3. The number of phenolic OH excluding ortho intramolecular Hbond substituents is 1. The van der Waals surface area contributed by atoms with Gasteiger partial charge < -0.3 is 19.9 Å². The second-order valence-electron chi connectivity index (χ2n) is 8.42. The number of fused-ring (bicyclic) bond motifs is 2. The molecule has 1 heterocycles. The summed E-state index contributed by atoms with van der Waals surface area (Å²) in [4.78, 5) is 12.9. The zero-order chi connectivity index (χ0) is 22.8. The number of carbonyl (C=O) groups excluding carboxylic acids is 1. The Labute approximate surface area is 174 Å². The molecule has 0 spiro atoms. The number of rotatable bonds is 2. The van der Waals surface area contributed by atoms with E-state index in [0.29, 0.717) is 11.0 Å². The quantitative estimate of drug-likeness (QED) is 0.507. The summed E-state index contributed by atoms with van der Waals surface area (Å²) in [6.07, 6.45) is -4.59. The van der Waals surface area contributed by atoms with Crippen molar-refractivity contribution in [3.05, 3.63) is 65.2 Å². The minimum Gasteiger partial charge on any atom is -0.505 e. The third-order valence-electron chi connectivity index (χ3n) is 5.82. The molecular weight excluding hydrogens is 418 g/mol. The van der Waals surface area contributed by atoms with Crippen LogP contribution in [0.5, 0.6) is 5.75 Å². The van der Waals surface area contributed by atoms with Crippen LogP contribution in [0.15, 0.2) is 47.1 Å². The van der Waals surface area contributed by atoms with E-state index in [9.17, 15) is 32.6 Å². The number of hydrogen-bond donors (Lipinski definition) is 3. The van der Waals surface area contributed by atoms with Crippen molar-refractivity contribution in [3.63, 3.8) is 0 Å². The molecule has 0 aliphatic heterocycles. The van der Waals surface area contributed by atoms with Gasteiger partial charge in [-0.1, -0.05) is 19.9 Å². The van der Waals surface area contributed by atoms with E-state index in [1.54, 1.807) is 6.07 Å². The number of halogens is 4. The number of amides is 1. The highest BCUT2D eigenvalue weighted by Crippen LogP contribution is 2.55. The van der Waals surface area contributed by atoms with E-state index in [4.69, 9.17) is 4.42 Å². The number of hydrogen-bond acceptors (Lipinski definition) is 4. The summed E-state index contributed by atoms with van der Waals surface area (Å²) in [7, 11) is 0. The largest absolute Gasteiger partial charge is 0.505 e. The molecule has 0 radical (unpaired) electrons. The zero-order valence-corrected chi connectivity index (χ0v) is 16.5. The van der Waals surface area contributed by atoms with Crippen molar-refractivity contribution in [1.82, 2.24) is 5.32 Å². The van der Waals surface area contributed by atoms with E-state index in [2.05, 4.69) is 5.32 Å². The summed E-state index contributed by atoms with van der Waals surface area (Å²) in [5.74, 6) is -2.67. The van der Waals surface area contributed by atoms with E-state index in [1.165, 1.54) is 38.3 Å². The van der Waals surface area contributed by atoms with Gasteiger partial charge in [-0.05, 0) is 47.7 Å². The Balaban J connectivity index is 1.84. The van der Waals surface area contributed by atoms with Crippen molar-refractivity contribution in [3.8, 4) is 5.75 Å². The topological polar surface area (TPSA) is 82.7 Å². The van der Waals surface area contributed by atoms with Crippen LogP contribution in [0.25, 0.3) is 11.0 Å². The van der Waals surface area contributed by atoms with Crippen LogP contribution < -0.4 is 5.32 Å². The normalized spacial score (nSPS) is 22.9. The molecule has 0 saturated heterocycles. The second kappa shape index (κ2) is 6.71. The van der Waals surface area contributed by atoms with Gasteiger partial charge in [0.2, 0.25) is 0 Å². The molecule has 164 valence electrons. The molecule has 0 bridgehead atoms. The predicted molar refractivity (Wildman–Crippen MR) is 103 cm³/mol. The molecule has 1 aliphatic rings. The SMILES string of the molecule is CC1(C)CC(O)(C(F)(F)F)C(NC(=O)c2ccc3occc3c2)c2ccc(F)c(O)c21. The molecule has 3 aromatic rings. The summed E-state index contributed by atoms with van der Waals surface area (Å²) >= 11 is 0. The average molecular weight is 437 g/mol. The summed E-state index contributed by atoms with van der Waals surface area (Å²) in [6.45, 7) is 2.74. The molecule has 2 aromatic carbocycles. The van der Waals surface area contributed by atoms with Crippen LogP contribution in [-0.4, -0.2) is 27.9 Å². The third-order valence-corrected chi connectivity index (χ3v) is 5.82. The summed E-state index contributed by atoms with van der Waals surface area (Å²) < 4.78 is 61.4. The van der Waals surface area contributed by atoms with Gasteiger partial charge in [0.15, 0.2) is 17.2 Å². The molecule has 4 rings (SSSR count). The molecule has 1 amide bonds. The zero-order valence-electron chi connectivity index (χ0n) is 16.5. The lowest BCUT2D eigenvalue weighted by Gasteiger charge is -2.48. The number of carbonyl (C=O) groups is 1. The summed E-state index contributed by atoms with van der Waals surface area (Å²) in [6, 6.07) is 5.81. The van der Waals surface area contributed by atoms with Crippen LogP contribution in [-0.2, 0) is 5.41 Å². The Kier molecular flexibility index (Phi) is 4.59. The first-order valence-electron chi connectivity index (χ1n) is 9.44. The van der Waals surface area contributed by atoms with Crippen molar-refractivity contribution in [2.24, 2.45) is 0 Å². The Bertz CT molecular complexity index is 1180. The van der Waals surface area contributed by atoms with E-state index in [1.807, 2.05) is 0 Å². The first-order valence-corrected chi connectivity index (χ1v) is 9.44. The number of aliphatic hydroxyl groups is 1. The van der Waals surface area contributed by atoms with E-state index < -0.39 is 47.1 Å². The molecule has 1 aliphatic carbocycles. The van der Waals surface area contributed by atoms with Crippen molar-refractivity contribution in [2.75, 3.05) is 0 Å². The van der Waals surface area contributed by atoms with Crippen molar-refractivity contribution in [2.45, 2.75) is 43.5 Å².